The van der Waals surface area contributed by atoms with E-state index in [0.717, 1.165) is 0 Å². The molecule has 0 unspecified atom stereocenters. The van der Waals surface area contributed by atoms with Gasteiger partial charge < -0.3 is 9.16 Å². The van der Waals surface area contributed by atoms with Crippen LogP contribution in [0.4, 0.5) is 0 Å². The van der Waals surface area contributed by atoms with Crippen LogP contribution in [0.3, 0.4) is 0 Å². The smallest absolute Gasteiger partial charge is 0.342 e. The van der Waals surface area contributed by atoms with Crippen molar-refractivity contribution in [3.8, 4) is 0 Å². The molecular formula is C19H31ClO3Si. The highest BCUT2D eigenvalue weighted by Crippen LogP contribution is 2.43. The molecular weight excluding hydrogens is 340 g/mol. The number of hydrogen-bond donors (Lipinski definition) is 0. The molecule has 0 saturated heterocycles. The lowest BCUT2D eigenvalue weighted by Crippen LogP contribution is -2.52. The molecule has 5 heteroatoms. The summed E-state index contributed by atoms with van der Waals surface area (Å²) in [5, 5.41) is 0.538. The third kappa shape index (κ3) is 5.07. The van der Waals surface area contributed by atoms with Crippen molar-refractivity contribution in [2.45, 2.75) is 77.8 Å². The summed E-state index contributed by atoms with van der Waals surface area (Å²) in [6, 6.07) is 7.25. The maximum absolute atomic E-state index is 13.0. The SMILES string of the molecule is CC(C)(C)OC(=O)[C@](C)(O[Si](C)(C)C(C)(C)C)c1cccc(Cl)c1. The zero-order chi connectivity index (χ0) is 19.0. The van der Waals surface area contributed by atoms with E-state index in [1.54, 1.807) is 19.1 Å². The molecule has 0 bridgehead atoms. The summed E-state index contributed by atoms with van der Waals surface area (Å²) in [7, 11) is -2.22. The van der Waals surface area contributed by atoms with Crippen LogP contribution < -0.4 is 0 Å². The number of benzene rings is 1. The molecule has 136 valence electrons. The van der Waals surface area contributed by atoms with Crippen molar-refractivity contribution in [3.63, 3.8) is 0 Å². The number of ether oxygens (including phenoxy) is 1. The molecule has 0 fully saturated rings. The van der Waals surface area contributed by atoms with Gasteiger partial charge in [0.1, 0.15) is 5.60 Å². The lowest BCUT2D eigenvalue weighted by Gasteiger charge is -2.43. The van der Waals surface area contributed by atoms with Gasteiger partial charge in [0, 0.05) is 5.02 Å². The molecule has 0 aliphatic heterocycles. The van der Waals surface area contributed by atoms with Crippen LogP contribution in [0.1, 0.15) is 54.0 Å². The third-order valence-corrected chi connectivity index (χ3v) is 9.20. The number of rotatable bonds is 4. The third-order valence-electron chi connectivity index (χ3n) is 4.43. The minimum absolute atomic E-state index is 0.0329. The van der Waals surface area contributed by atoms with Crippen molar-refractivity contribution in [1.82, 2.24) is 0 Å². The molecule has 0 spiro atoms. The topological polar surface area (TPSA) is 35.5 Å². The summed E-state index contributed by atoms with van der Waals surface area (Å²) in [5.41, 5.74) is -1.07. The van der Waals surface area contributed by atoms with E-state index in [0.29, 0.717) is 10.6 Å². The zero-order valence-electron chi connectivity index (χ0n) is 16.4. The van der Waals surface area contributed by atoms with E-state index in [-0.39, 0.29) is 11.0 Å². The van der Waals surface area contributed by atoms with Crippen molar-refractivity contribution in [2.75, 3.05) is 0 Å². The summed E-state index contributed by atoms with van der Waals surface area (Å²) >= 11 is 6.15. The van der Waals surface area contributed by atoms with Crippen molar-refractivity contribution < 1.29 is 14.0 Å². The molecule has 1 rings (SSSR count). The molecule has 0 aliphatic carbocycles. The van der Waals surface area contributed by atoms with E-state index in [1.165, 1.54) is 0 Å². The van der Waals surface area contributed by atoms with Crippen LogP contribution in [0.2, 0.25) is 23.2 Å². The minimum Gasteiger partial charge on any atom is -0.458 e. The van der Waals surface area contributed by atoms with Gasteiger partial charge in [-0.2, -0.15) is 0 Å². The normalized spacial score (nSPS) is 15.8. The maximum Gasteiger partial charge on any atom is 0.342 e. The van der Waals surface area contributed by atoms with E-state index < -0.39 is 19.5 Å². The van der Waals surface area contributed by atoms with Crippen molar-refractivity contribution in [3.05, 3.63) is 34.9 Å². The highest BCUT2D eigenvalue weighted by Gasteiger charge is 2.49. The van der Waals surface area contributed by atoms with Crippen LogP contribution in [-0.4, -0.2) is 19.9 Å². The fourth-order valence-electron chi connectivity index (χ4n) is 2.04. The molecule has 1 aromatic carbocycles. The van der Waals surface area contributed by atoms with E-state index in [9.17, 15) is 4.79 Å². The standard InChI is InChI=1S/C19H31ClO3Si/c1-17(2,3)22-16(21)19(7,14-11-10-12-15(20)13-14)23-24(8,9)18(4,5)6/h10-13H,1-9H3/t19-/m1/s1. The summed E-state index contributed by atoms with van der Waals surface area (Å²) < 4.78 is 12.2. The second-order valence-corrected chi connectivity index (χ2v) is 14.1. The van der Waals surface area contributed by atoms with Gasteiger partial charge in [-0.1, -0.05) is 44.5 Å². The molecule has 24 heavy (non-hydrogen) atoms. The van der Waals surface area contributed by atoms with E-state index in [1.807, 2.05) is 32.9 Å². The van der Waals surface area contributed by atoms with Gasteiger partial charge in [0.25, 0.3) is 0 Å². The molecule has 1 aromatic rings. The second-order valence-electron chi connectivity index (χ2n) is 8.91. The Kier molecular flexibility index (Phi) is 6.02. The molecule has 1 atom stereocenters. The second kappa shape index (κ2) is 6.81. The van der Waals surface area contributed by atoms with Gasteiger partial charge in [-0.3, -0.25) is 0 Å². The quantitative estimate of drug-likeness (QED) is 0.487. The van der Waals surface area contributed by atoms with Crippen LogP contribution in [0.15, 0.2) is 24.3 Å². The summed E-state index contributed by atoms with van der Waals surface area (Å²) in [4.78, 5) is 13.0. The summed E-state index contributed by atoms with van der Waals surface area (Å²) in [6.45, 7) is 18.0. The molecule has 0 aromatic heterocycles. The number of esters is 1. The Morgan fingerprint density at radius 1 is 1.04 bits per heavy atom. The van der Waals surface area contributed by atoms with Gasteiger partial charge in [0.15, 0.2) is 13.9 Å². The van der Waals surface area contributed by atoms with Crippen LogP contribution in [0.5, 0.6) is 0 Å². The number of carbonyl (C=O) groups is 1. The van der Waals surface area contributed by atoms with E-state index >= 15 is 0 Å². The molecule has 0 amide bonds. The van der Waals surface area contributed by atoms with Gasteiger partial charge in [-0.05, 0) is 63.5 Å². The van der Waals surface area contributed by atoms with Crippen molar-refractivity contribution in [2.24, 2.45) is 0 Å². The molecule has 3 nitrogen and oxygen atoms in total. The fourth-order valence-corrected chi connectivity index (χ4v) is 3.76. The van der Waals surface area contributed by atoms with E-state index in [2.05, 4.69) is 33.9 Å². The Morgan fingerprint density at radius 2 is 1.58 bits per heavy atom. The number of hydrogen-bond acceptors (Lipinski definition) is 3. The van der Waals surface area contributed by atoms with Gasteiger partial charge in [0.2, 0.25) is 0 Å². The largest absolute Gasteiger partial charge is 0.458 e. The number of carbonyl (C=O) groups excluding carboxylic acids is 1. The lowest BCUT2D eigenvalue weighted by atomic mass is 9.96. The van der Waals surface area contributed by atoms with Gasteiger partial charge in [-0.15, -0.1) is 0 Å². The predicted octanol–water partition coefficient (Wildman–Crippen LogP) is 5.92. The first-order valence-electron chi connectivity index (χ1n) is 8.28. The average molecular weight is 371 g/mol. The average Bonchev–Trinajstić information content (AvgIpc) is 2.34. The van der Waals surface area contributed by atoms with Gasteiger partial charge >= 0.3 is 5.97 Å². The summed E-state index contributed by atoms with van der Waals surface area (Å²) in [5.74, 6) is -0.387. The monoisotopic (exact) mass is 370 g/mol. The van der Waals surface area contributed by atoms with Crippen LogP contribution in [0.25, 0.3) is 0 Å². The summed E-state index contributed by atoms with van der Waals surface area (Å²) in [6.07, 6.45) is 0. The molecule has 0 radical (unpaired) electrons. The number of halogens is 1. The molecule has 0 N–H and O–H groups in total. The van der Waals surface area contributed by atoms with Crippen LogP contribution in [0, 0.1) is 0 Å². The molecule has 0 aliphatic rings. The van der Waals surface area contributed by atoms with Gasteiger partial charge in [-0.25, -0.2) is 4.79 Å². The highest BCUT2D eigenvalue weighted by molar-refractivity contribution is 6.74. The first-order chi connectivity index (χ1) is 10.6. The van der Waals surface area contributed by atoms with Gasteiger partial charge in [0.05, 0.1) is 0 Å². The zero-order valence-corrected chi connectivity index (χ0v) is 18.2. The highest BCUT2D eigenvalue weighted by atomic mass is 35.5. The maximum atomic E-state index is 13.0. The Morgan fingerprint density at radius 3 is 2.00 bits per heavy atom. The minimum atomic E-state index is -2.22. The molecule has 0 saturated carbocycles. The first kappa shape index (κ1) is 21.2. The predicted molar refractivity (Wildman–Crippen MR) is 103 cm³/mol. The Bertz CT molecular complexity index is 599. The van der Waals surface area contributed by atoms with Crippen LogP contribution >= 0.6 is 11.6 Å². The van der Waals surface area contributed by atoms with E-state index in [4.69, 9.17) is 20.8 Å². The first-order valence-corrected chi connectivity index (χ1v) is 11.6. The van der Waals surface area contributed by atoms with Crippen molar-refractivity contribution in [1.29, 1.82) is 0 Å². The Balaban J connectivity index is 3.39. The molecule has 0 heterocycles. The Labute approximate surface area is 152 Å². The van der Waals surface area contributed by atoms with Crippen LogP contribution in [-0.2, 0) is 19.6 Å². The fraction of sp³-hybridized carbons (Fsp3) is 0.632. The Hall–Kier alpha value is -0.843. The lowest BCUT2D eigenvalue weighted by molar-refractivity contribution is -0.174. The van der Waals surface area contributed by atoms with Crippen molar-refractivity contribution >= 4 is 25.9 Å².